The van der Waals surface area contributed by atoms with Crippen molar-refractivity contribution in [3.05, 3.63) is 30.1 Å². The monoisotopic (exact) mass is 164 g/mol. The van der Waals surface area contributed by atoms with Crippen LogP contribution in [0.15, 0.2) is 24.5 Å². The molecule has 1 aromatic rings. The number of aromatic nitrogens is 1. The zero-order chi connectivity index (χ0) is 8.81. The second kappa shape index (κ2) is 4.23. The molecule has 0 saturated carbocycles. The van der Waals surface area contributed by atoms with Gasteiger partial charge in [-0.3, -0.25) is 14.6 Å². The molecule has 1 amide bonds. The highest BCUT2D eigenvalue weighted by atomic mass is 16.1. The molecular weight excluding hydrogens is 156 g/mol. The number of Topliss-reactive ketones (excluding diaryl/α,β-unsaturated/α-hetero) is 1. The Morgan fingerprint density at radius 1 is 1.50 bits per heavy atom. The normalized spacial score (nSPS) is 9.00. The van der Waals surface area contributed by atoms with Crippen molar-refractivity contribution in [2.45, 2.75) is 0 Å². The number of carbonyl (C=O) groups is 2. The minimum atomic E-state index is -0.121. The summed E-state index contributed by atoms with van der Waals surface area (Å²) >= 11 is 0. The van der Waals surface area contributed by atoms with Crippen molar-refractivity contribution in [1.82, 2.24) is 10.3 Å². The number of amides is 1. The Labute approximate surface area is 69.6 Å². The van der Waals surface area contributed by atoms with Crippen molar-refractivity contribution in [3.8, 4) is 0 Å². The third-order valence-corrected chi connectivity index (χ3v) is 1.35. The van der Waals surface area contributed by atoms with E-state index >= 15 is 0 Å². The number of hydrogen-bond acceptors (Lipinski definition) is 3. The van der Waals surface area contributed by atoms with E-state index < -0.39 is 0 Å². The second-order valence-electron chi connectivity index (χ2n) is 2.16. The molecule has 0 fully saturated rings. The number of nitrogens with zero attached hydrogens (tertiary/aromatic N) is 1. The van der Waals surface area contributed by atoms with Crippen molar-refractivity contribution in [2.75, 3.05) is 6.54 Å². The smallest absolute Gasteiger partial charge is 0.207 e. The van der Waals surface area contributed by atoms with E-state index in [9.17, 15) is 9.59 Å². The van der Waals surface area contributed by atoms with E-state index in [0.717, 1.165) is 0 Å². The van der Waals surface area contributed by atoms with E-state index in [0.29, 0.717) is 12.0 Å². The molecule has 0 aliphatic carbocycles. The molecule has 0 aliphatic heterocycles. The van der Waals surface area contributed by atoms with E-state index in [1.165, 1.54) is 12.4 Å². The Morgan fingerprint density at radius 3 is 2.75 bits per heavy atom. The van der Waals surface area contributed by atoms with Crippen LogP contribution in [0, 0.1) is 0 Å². The molecule has 62 valence electrons. The van der Waals surface area contributed by atoms with Crippen LogP contribution < -0.4 is 5.32 Å². The molecule has 1 N–H and O–H groups in total. The van der Waals surface area contributed by atoms with Crippen molar-refractivity contribution in [2.24, 2.45) is 0 Å². The van der Waals surface area contributed by atoms with Gasteiger partial charge in [0, 0.05) is 18.0 Å². The molecule has 0 atom stereocenters. The lowest BCUT2D eigenvalue weighted by Crippen LogP contribution is -2.21. The lowest BCUT2D eigenvalue weighted by atomic mass is 10.2. The van der Waals surface area contributed by atoms with E-state index in [1.807, 2.05) is 0 Å². The standard InChI is InChI=1S/C8H8N2O2/c11-6-10-5-8(12)7-1-3-9-4-2-7/h1-4,6H,5H2,(H,10,11). The molecule has 12 heavy (non-hydrogen) atoms. The van der Waals surface area contributed by atoms with Crippen LogP contribution >= 0.6 is 0 Å². The zero-order valence-corrected chi connectivity index (χ0v) is 6.36. The Balaban J connectivity index is 2.59. The summed E-state index contributed by atoms with van der Waals surface area (Å²) in [6.07, 6.45) is 3.57. The molecule has 1 aromatic heterocycles. The van der Waals surface area contributed by atoms with Crippen LogP contribution in [0.25, 0.3) is 0 Å². The van der Waals surface area contributed by atoms with Gasteiger partial charge in [-0.15, -0.1) is 0 Å². The van der Waals surface area contributed by atoms with Gasteiger partial charge >= 0.3 is 0 Å². The molecule has 0 aromatic carbocycles. The SMILES string of the molecule is O=CNCC(=O)c1ccncc1. The summed E-state index contributed by atoms with van der Waals surface area (Å²) in [5.74, 6) is -0.121. The fraction of sp³-hybridized carbons (Fsp3) is 0.125. The summed E-state index contributed by atoms with van der Waals surface area (Å²) in [5, 5.41) is 2.30. The van der Waals surface area contributed by atoms with Crippen molar-refractivity contribution < 1.29 is 9.59 Å². The first kappa shape index (κ1) is 8.39. The van der Waals surface area contributed by atoms with Crippen LogP contribution in [0.2, 0.25) is 0 Å². The van der Waals surface area contributed by atoms with Gasteiger partial charge in [0.2, 0.25) is 6.41 Å². The van der Waals surface area contributed by atoms with Gasteiger partial charge in [0.05, 0.1) is 6.54 Å². The maximum Gasteiger partial charge on any atom is 0.207 e. The van der Waals surface area contributed by atoms with Crippen LogP contribution in [-0.4, -0.2) is 23.7 Å². The highest BCUT2D eigenvalue weighted by Crippen LogP contribution is 1.95. The van der Waals surface area contributed by atoms with Gasteiger partial charge < -0.3 is 5.32 Å². The quantitative estimate of drug-likeness (QED) is 0.503. The zero-order valence-electron chi connectivity index (χ0n) is 6.36. The minimum Gasteiger partial charge on any atom is -0.351 e. The largest absolute Gasteiger partial charge is 0.351 e. The Hall–Kier alpha value is -1.71. The first-order valence-electron chi connectivity index (χ1n) is 3.45. The lowest BCUT2D eigenvalue weighted by molar-refractivity contribution is -0.109. The molecule has 0 spiro atoms. The van der Waals surface area contributed by atoms with Crippen molar-refractivity contribution in [3.63, 3.8) is 0 Å². The fourth-order valence-electron chi connectivity index (χ4n) is 0.774. The van der Waals surface area contributed by atoms with Gasteiger partial charge in [0.25, 0.3) is 0 Å². The average Bonchev–Trinajstić information content (AvgIpc) is 2.15. The number of ketones is 1. The first-order valence-corrected chi connectivity index (χ1v) is 3.45. The molecule has 0 radical (unpaired) electrons. The Bertz CT molecular complexity index is 272. The Kier molecular flexibility index (Phi) is 2.95. The van der Waals surface area contributed by atoms with E-state index in [-0.39, 0.29) is 12.3 Å². The molecule has 0 bridgehead atoms. The van der Waals surface area contributed by atoms with E-state index in [2.05, 4.69) is 10.3 Å². The molecule has 4 nitrogen and oxygen atoms in total. The molecule has 0 unspecified atom stereocenters. The number of rotatable bonds is 4. The summed E-state index contributed by atoms with van der Waals surface area (Å²) in [4.78, 5) is 24.8. The maximum absolute atomic E-state index is 11.2. The highest BCUT2D eigenvalue weighted by molar-refractivity contribution is 5.98. The summed E-state index contributed by atoms with van der Waals surface area (Å²) < 4.78 is 0. The van der Waals surface area contributed by atoms with Crippen LogP contribution in [0.4, 0.5) is 0 Å². The predicted octanol–water partition coefficient (Wildman–Crippen LogP) is 0.0103. The van der Waals surface area contributed by atoms with Gasteiger partial charge in [-0.2, -0.15) is 0 Å². The number of carbonyl (C=O) groups excluding carboxylic acids is 2. The molecule has 1 rings (SSSR count). The van der Waals surface area contributed by atoms with Crippen molar-refractivity contribution in [1.29, 1.82) is 0 Å². The summed E-state index contributed by atoms with van der Waals surface area (Å²) in [6, 6.07) is 3.21. The first-order chi connectivity index (χ1) is 5.84. The third kappa shape index (κ3) is 2.16. The molecule has 0 aliphatic rings. The summed E-state index contributed by atoms with van der Waals surface area (Å²) in [6.45, 7) is 0.0352. The summed E-state index contributed by atoms with van der Waals surface area (Å²) in [7, 11) is 0. The summed E-state index contributed by atoms with van der Waals surface area (Å²) in [5.41, 5.74) is 0.555. The molecular formula is C8H8N2O2. The van der Waals surface area contributed by atoms with Crippen LogP contribution in [0.5, 0.6) is 0 Å². The van der Waals surface area contributed by atoms with Crippen LogP contribution in [-0.2, 0) is 4.79 Å². The minimum absolute atomic E-state index is 0.0352. The van der Waals surface area contributed by atoms with Gasteiger partial charge in [-0.05, 0) is 12.1 Å². The van der Waals surface area contributed by atoms with Gasteiger partial charge in [0.15, 0.2) is 5.78 Å². The van der Waals surface area contributed by atoms with Crippen LogP contribution in [0.3, 0.4) is 0 Å². The number of nitrogens with one attached hydrogen (secondary N) is 1. The third-order valence-electron chi connectivity index (χ3n) is 1.35. The Morgan fingerprint density at radius 2 is 2.17 bits per heavy atom. The molecule has 0 saturated heterocycles. The highest BCUT2D eigenvalue weighted by Gasteiger charge is 2.02. The number of pyridine rings is 1. The molecule has 4 heteroatoms. The lowest BCUT2D eigenvalue weighted by Gasteiger charge is -1.97. The van der Waals surface area contributed by atoms with Crippen LogP contribution in [0.1, 0.15) is 10.4 Å². The van der Waals surface area contributed by atoms with E-state index in [4.69, 9.17) is 0 Å². The van der Waals surface area contributed by atoms with Crippen molar-refractivity contribution >= 4 is 12.2 Å². The van der Waals surface area contributed by atoms with E-state index in [1.54, 1.807) is 12.1 Å². The fourth-order valence-corrected chi connectivity index (χ4v) is 0.774. The molecule has 1 heterocycles. The average molecular weight is 164 g/mol. The van der Waals surface area contributed by atoms with Gasteiger partial charge in [-0.25, -0.2) is 0 Å². The van der Waals surface area contributed by atoms with Gasteiger partial charge in [0.1, 0.15) is 0 Å². The second-order valence-corrected chi connectivity index (χ2v) is 2.16. The number of hydrogen-bond donors (Lipinski definition) is 1. The maximum atomic E-state index is 11.2. The topological polar surface area (TPSA) is 59.1 Å². The van der Waals surface area contributed by atoms with Gasteiger partial charge in [-0.1, -0.05) is 0 Å². The predicted molar refractivity (Wildman–Crippen MR) is 42.6 cm³/mol.